The second-order valence-corrected chi connectivity index (χ2v) is 4.38. The number of para-hydroxylation sites is 1. The molecule has 0 saturated heterocycles. The van der Waals surface area contributed by atoms with Crippen molar-refractivity contribution >= 4 is 0 Å². The minimum atomic E-state index is -0.316. The van der Waals surface area contributed by atoms with Crippen LogP contribution in [0.5, 0.6) is 5.75 Å². The molecule has 2 aromatic carbocycles. The SMILES string of the molecule is Fc1ccccc1OCc1cccc2c1CNC2. The van der Waals surface area contributed by atoms with E-state index in [9.17, 15) is 4.39 Å². The first kappa shape index (κ1) is 11.2. The third-order valence-corrected chi connectivity index (χ3v) is 3.21. The van der Waals surface area contributed by atoms with E-state index in [2.05, 4.69) is 11.4 Å². The highest BCUT2D eigenvalue weighted by atomic mass is 19.1. The fourth-order valence-electron chi connectivity index (χ4n) is 2.26. The van der Waals surface area contributed by atoms with Gasteiger partial charge in [0.05, 0.1) is 0 Å². The topological polar surface area (TPSA) is 21.3 Å². The lowest BCUT2D eigenvalue weighted by Crippen LogP contribution is -2.03. The van der Waals surface area contributed by atoms with Gasteiger partial charge in [0.25, 0.3) is 0 Å². The van der Waals surface area contributed by atoms with Crippen molar-refractivity contribution in [2.45, 2.75) is 19.7 Å². The molecule has 0 aliphatic carbocycles. The van der Waals surface area contributed by atoms with Gasteiger partial charge in [0.1, 0.15) is 6.61 Å². The third-order valence-electron chi connectivity index (χ3n) is 3.21. The zero-order valence-corrected chi connectivity index (χ0v) is 9.95. The zero-order chi connectivity index (χ0) is 12.4. The van der Waals surface area contributed by atoms with Crippen molar-refractivity contribution in [3.8, 4) is 5.75 Å². The van der Waals surface area contributed by atoms with E-state index < -0.39 is 0 Å². The summed E-state index contributed by atoms with van der Waals surface area (Å²) in [4.78, 5) is 0. The quantitative estimate of drug-likeness (QED) is 0.894. The molecule has 0 bridgehead atoms. The van der Waals surface area contributed by atoms with Gasteiger partial charge in [-0.2, -0.15) is 0 Å². The molecule has 2 aromatic rings. The lowest BCUT2D eigenvalue weighted by molar-refractivity contribution is 0.289. The van der Waals surface area contributed by atoms with Crippen molar-refractivity contribution in [2.75, 3.05) is 0 Å². The Hall–Kier alpha value is -1.87. The van der Waals surface area contributed by atoms with Gasteiger partial charge in [-0.3, -0.25) is 0 Å². The highest BCUT2D eigenvalue weighted by molar-refractivity contribution is 5.37. The second-order valence-electron chi connectivity index (χ2n) is 4.38. The van der Waals surface area contributed by atoms with E-state index in [1.807, 2.05) is 12.1 Å². The van der Waals surface area contributed by atoms with Gasteiger partial charge in [0.2, 0.25) is 0 Å². The van der Waals surface area contributed by atoms with Gasteiger partial charge in [-0.1, -0.05) is 30.3 Å². The predicted octanol–water partition coefficient (Wildman–Crippen LogP) is 3.01. The lowest BCUT2D eigenvalue weighted by Gasteiger charge is -2.10. The van der Waals surface area contributed by atoms with Crippen molar-refractivity contribution < 1.29 is 9.13 Å². The Balaban J connectivity index is 1.78. The number of benzene rings is 2. The molecule has 18 heavy (non-hydrogen) atoms. The van der Waals surface area contributed by atoms with E-state index in [-0.39, 0.29) is 5.82 Å². The Kier molecular flexibility index (Phi) is 2.99. The Morgan fingerprint density at radius 1 is 1.06 bits per heavy atom. The smallest absolute Gasteiger partial charge is 0.165 e. The molecular weight excluding hydrogens is 229 g/mol. The zero-order valence-electron chi connectivity index (χ0n) is 9.95. The molecule has 1 aliphatic heterocycles. The lowest BCUT2D eigenvalue weighted by atomic mass is 10.0. The molecule has 3 heteroatoms. The molecule has 0 spiro atoms. The van der Waals surface area contributed by atoms with Gasteiger partial charge in [-0.15, -0.1) is 0 Å². The van der Waals surface area contributed by atoms with Crippen molar-refractivity contribution in [3.05, 3.63) is 65.0 Å². The summed E-state index contributed by atoms with van der Waals surface area (Å²) in [5.74, 6) is -0.00994. The van der Waals surface area contributed by atoms with Crippen LogP contribution in [0.15, 0.2) is 42.5 Å². The summed E-state index contributed by atoms with van der Waals surface area (Å²) in [6, 6.07) is 12.7. The second kappa shape index (κ2) is 4.78. The summed E-state index contributed by atoms with van der Waals surface area (Å²) >= 11 is 0. The van der Waals surface area contributed by atoms with Crippen LogP contribution in [0, 0.1) is 5.82 Å². The van der Waals surface area contributed by atoms with E-state index in [0.717, 1.165) is 18.7 Å². The Labute approximate surface area is 105 Å². The van der Waals surface area contributed by atoms with Crippen LogP contribution in [-0.2, 0) is 19.7 Å². The van der Waals surface area contributed by atoms with Crippen LogP contribution in [0.4, 0.5) is 4.39 Å². The highest BCUT2D eigenvalue weighted by Crippen LogP contribution is 2.22. The van der Waals surface area contributed by atoms with Crippen LogP contribution in [-0.4, -0.2) is 0 Å². The van der Waals surface area contributed by atoms with Crippen LogP contribution in [0.1, 0.15) is 16.7 Å². The first-order chi connectivity index (χ1) is 8.84. The van der Waals surface area contributed by atoms with Crippen molar-refractivity contribution in [1.82, 2.24) is 5.32 Å². The molecule has 0 saturated carbocycles. The molecule has 0 fully saturated rings. The van der Waals surface area contributed by atoms with E-state index in [1.165, 1.54) is 17.2 Å². The minimum absolute atomic E-state index is 0.307. The van der Waals surface area contributed by atoms with Gasteiger partial charge in [-0.25, -0.2) is 4.39 Å². The molecular formula is C15H14FNO. The van der Waals surface area contributed by atoms with Gasteiger partial charge in [-0.05, 0) is 28.8 Å². The Morgan fingerprint density at radius 2 is 1.94 bits per heavy atom. The normalized spacial score (nSPS) is 13.4. The molecule has 2 nitrogen and oxygen atoms in total. The maximum Gasteiger partial charge on any atom is 0.165 e. The molecule has 1 heterocycles. The van der Waals surface area contributed by atoms with Crippen LogP contribution in [0.25, 0.3) is 0 Å². The van der Waals surface area contributed by atoms with E-state index >= 15 is 0 Å². The minimum Gasteiger partial charge on any atom is -0.486 e. The van der Waals surface area contributed by atoms with E-state index in [0.29, 0.717) is 12.4 Å². The summed E-state index contributed by atoms with van der Waals surface area (Å²) in [5, 5.41) is 3.31. The van der Waals surface area contributed by atoms with Crippen LogP contribution < -0.4 is 10.1 Å². The fraction of sp³-hybridized carbons (Fsp3) is 0.200. The van der Waals surface area contributed by atoms with Crippen LogP contribution in [0.3, 0.4) is 0 Å². The summed E-state index contributed by atoms with van der Waals surface area (Å²) < 4.78 is 19.0. The van der Waals surface area contributed by atoms with Crippen LogP contribution in [0.2, 0.25) is 0 Å². The number of ether oxygens (including phenoxy) is 1. The summed E-state index contributed by atoms with van der Waals surface area (Å²) in [6.45, 7) is 2.18. The fourth-order valence-corrected chi connectivity index (χ4v) is 2.26. The third kappa shape index (κ3) is 2.09. The van der Waals surface area contributed by atoms with Crippen molar-refractivity contribution in [3.63, 3.8) is 0 Å². The first-order valence-electron chi connectivity index (χ1n) is 6.02. The highest BCUT2D eigenvalue weighted by Gasteiger charge is 2.14. The molecule has 3 rings (SSSR count). The van der Waals surface area contributed by atoms with Crippen LogP contribution >= 0.6 is 0 Å². The van der Waals surface area contributed by atoms with Gasteiger partial charge >= 0.3 is 0 Å². The molecule has 0 atom stereocenters. The molecule has 0 amide bonds. The monoisotopic (exact) mass is 243 g/mol. The predicted molar refractivity (Wildman–Crippen MR) is 67.7 cm³/mol. The van der Waals surface area contributed by atoms with Crippen molar-refractivity contribution in [2.24, 2.45) is 0 Å². The Morgan fingerprint density at radius 3 is 2.83 bits per heavy atom. The van der Waals surface area contributed by atoms with Gasteiger partial charge in [0.15, 0.2) is 11.6 Å². The van der Waals surface area contributed by atoms with Gasteiger partial charge < -0.3 is 10.1 Å². The summed E-state index contributed by atoms with van der Waals surface area (Å²) in [6.07, 6.45) is 0. The summed E-state index contributed by atoms with van der Waals surface area (Å²) in [5.41, 5.74) is 3.72. The molecule has 1 N–H and O–H groups in total. The van der Waals surface area contributed by atoms with E-state index in [1.54, 1.807) is 18.2 Å². The van der Waals surface area contributed by atoms with E-state index in [4.69, 9.17) is 4.74 Å². The maximum absolute atomic E-state index is 13.4. The molecule has 1 aliphatic rings. The number of halogens is 1. The number of hydrogen-bond acceptors (Lipinski definition) is 2. The molecule has 0 unspecified atom stereocenters. The number of fused-ring (bicyclic) bond motifs is 1. The molecule has 0 aromatic heterocycles. The van der Waals surface area contributed by atoms with Crippen molar-refractivity contribution in [1.29, 1.82) is 0 Å². The Bertz CT molecular complexity index is 568. The standard InChI is InChI=1S/C15H14FNO/c16-14-6-1-2-7-15(14)18-10-12-5-3-4-11-8-17-9-13(11)12/h1-7,17H,8-10H2. The first-order valence-corrected chi connectivity index (χ1v) is 6.02. The number of hydrogen-bond donors (Lipinski definition) is 1. The maximum atomic E-state index is 13.4. The number of rotatable bonds is 3. The average Bonchev–Trinajstić information content (AvgIpc) is 2.86. The summed E-state index contributed by atoms with van der Waals surface area (Å²) in [7, 11) is 0. The largest absolute Gasteiger partial charge is 0.486 e. The number of nitrogens with one attached hydrogen (secondary N) is 1. The molecule has 0 radical (unpaired) electrons. The molecule has 92 valence electrons. The average molecular weight is 243 g/mol. The van der Waals surface area contributed by atoms with Gasteiger partial charge in [0, 0.05) is 13.1 Å².